The lowest BCUT2D eigenvalue weighted by atomic mass is 10.2. The van der Waals surface area contributed by atoms with Crippen molar-refractivity contribution in [2.24, 2.45) is 5.73 Å². The number of nitrogens with zero attached hydrogens (tertiary/aromatic N) is 1. The highest BCUT2D eigenvalue weighted by atomic mass is 19.4. The molecule has 10 nitrogen and oxygen atoms in total. The van der Waals surface area contributed by atoms with Gasteiger partial charge in [-0.25, -0.2) is 4.79 Å². The molecule has 0 aliphatic rings. The van der Waals surface area contributed by atoms with E-state index in [1.54, 1.807) is 13.8 Å². The Morgan fingerprint density at radius 2 is 1.52 bits per heavy atom. The molecule has 156 valence electrons. The maximum absolute atomic E-state index is 11.6. The van der Waals surface area contributed by atoms with E-state index in [4.69, 9.17) is 20.7 Å². The van der Waals surface area contributed by atoms with Crippen molar-refractivity contribution in [3.63, 3.8) is 0 Å². The first-order chi connectivity index (χ1) is 12.3. The molecule has 4 N–H and O–H groups in total. The molecule has 27 heavy (non-hydrogen) atoms. The second-order valence-electron chi connectivity index (χ2n) is 4.85. The molecule has 0 saturated heterocycles. The number of nitrogens with two attached hydrogens (primary N) is 1. The summed E-state index contributed by atoms with van der Waals surface area (Å²) in [6.45, 7) is 3.60. The maximum atomic E-state index is 11.6. The number of Topliss-reactive ketones (excluding diaryl/α,β-unsaturated/α-hetero) is 1. The lowest BCUT2D eigenvalue weighted by molar-refractivity contribution is -0.192. The molecular formula is C14H21F3N2O8. The number of carbonyl (C=O) groups is 5. The van der Waals surface area contributed by atoms with Crippen LogP contribution in [0.2, 0.25) is 0 Å². The molecule has 0 aliphatic heterocycles. The molecule has 0 bridgehead atoms. The van der Waals surface area contributed by atoms with Crippen LogP contribution < -0.4 is 5.73 Å². The van der Waals surface area contributed by atoms with Gasteiger partial charge in [0.05, 0.1) is 0 Å². The minimum absolute atomic E-state index is 0.0909. The molecule has 0 spiro atoms. The number of esters is 1. The number of likely N-dealkylation sites (N-methyl/N-ethyl adjacent to an activating group) is 1. The van der Waals surface area contributed by atoms with E-state index in [0.29, 0.717) is 13.1 Å². The monoisotopic (exact) mass is 402 g/mol. The first-order valence-corrected chi connectivity index (χ1v) is 7.54. The van der Waals surface area contributed by atoms with Gasteiger partial charge in [0.25, 0.3) is 11.7 Å². The molecule has 0 aromatic heterocycles. The molecule has 0 aliphatic carbocycles. The highest BCUT2D eigenvalue weighted by molar-refractivity contribution is 6.36. The fourth-order valence-electron chi connectivity index (χ4n) is 1.36. The standard InChI is InChI=1S/C12H20N2O6.C2HF3O2/c1-3-14(4-2)11(17)9(15)7-20-10(16)6-5-8(13)12(18)19;3-2(4,5)1(6)7/h8H,3-7,13H2,1-2H3,(H,18,19);(H,6,7)/t8-;/m0./s1. The predicted molar refractivity (Wildman–Crippen MR) is 82.4 cm³/mol. The summed E-state index contributed by atoms with van der Waals surface area (Å²) in [7, 11) is 0. The van der Waals surface area contributed by atoms with Crippen molar-refractivity contribution in [2.45, 2.75) is 38.9 Å². The summed E-state index contributed by atoms with van der Waals surface area (Å²) < 4.78 is 36.3. The van der Waals surface area contributed by atoms with Crippen molar-refractivity contribution < 1.29 is 52.1 Å². The van der Waals surface area contributed by atoms with Gasteiger partial charge in [-0.3, -0.25) is 19.2 Å². The van der Waals surface area contributed by atoms with Crippen molar-refractivity contribution >= 4 is 29.6 Å². The average molecular weight is 402 g/mol. The van der Waals surface area contributed by atoms with Gasteiger partial charge in [0.1, 0.15) is 6.04 Å². The van der Waals surface area contributed by atoms with Crippen LogP contribution in [0.5, 0.6) is 0 Å². The van der Waals surface area contributed by atoms with Crippen LogP contribution in [0.25, 0.3) is 0 Å². The largest absolute Gasteiger partial charge is 0.490 e. The minimum Gasteiger partial charge on any atom is -0.480 e. The Morgan fingerprint density at radius 1 is 1.07 bits per heavy atom. The van der Waals surface area contributed by atoms with Crippen LogP contribution in [0.4, 0.5) is 13.2 Å². The van der Waals surface area contributed by atoms with Crippen LogP contribution in [0.15, 0.2) is 0 Å². The number of carboxylic acids is 2. The van der Waals surface area contributed by atoms with Gasteiger partial charge in [-0.1, -0.05) is 0 Å². The van der Waals surface area contributed by atoms with Gasteiger partial charge in [0.15, 0.2) is 6.61 Å². The van der Waals surface area contributed by atoms with Crippen LogP contribution in [0, 0.1) is 0 Å². The number of alkyl halides is 3. The fourth-order valence-corrected chi connectivity index (χ4v) is 1.36. The van der Waals surface area contributed by atoms with Gasteiger partial charge in [-0.15, -0.1) is 0 Å². The minimum atomic E-state index is -5.08. The zero-order valence-electron chi connectivity index (χ0n) is 14.6. The van der Waals surface area contributed by atoms with Crippen LogP contribution in [-0.2, 0) is 28.7 Å². The first kappa shape index (κ1) is 26.5. The summed E-state index contributed by atoms with van der Waals surface area (Å²) in [5.41, 5.74) is 5.21. The summed E-state index contributed by atoms with van der Waals surface area (Å²) in [6, 6.07) is -1.16. The Hall–Kier alpha value is -2.70. The zero-order valence-corrected chi connectivity index (χ0v) is 14.6. The number of rotatable bonds is 9. The summed E-state index contributed by atoms with van der Waals surface area (Å²) >= 11 is 0. The maximum Gasteiger partial charge on any atom is 0.490 e. The fraction of sp³-hybridized carbons (Fsp3) is 0.643. The van der Waals surface area contributed by atoms with E-state index in [1.807, 2.05) is 0 Å². The highest BCUT2D eigenvalue weighted by Crippen LogP contribution is 2.13. The lowest BCUT2D eigenvalue weighted by Gasteiger charge is -2.17. The summed E-state index contributed by atoms with van der Waals surface area (Å²) in [5, 5.41) is 15.6. The topological polar surface area (TPSA) is 164 Å². The van der Waals surface area contributed by atoms with Gasteiger partial charge in [-0.2, -0.15) is 13.2 Å². The normalized spacial score (nSPS) is 11.5. The predicted octanol–water partition coefficient (Wildman–Crippen LogP) is -0.207. The average Bonchev–Trinajstić information content (AvgIpc) is 2.57. The zero-order chi connectivity index (χ0) is 21.8. The Labute approximate surface area is 152 Å². The van der Waals surface area contributed by atoms with E-state index < -0.39 is 48.4 Å². The molecule has 13 heteroatoms. The molecule has 0 aromatic carbocycles. The van der Waals surface area contributed by atoms with E-state index in [2.05, 4.69) is 4.74 Å². The lowest BCUT2D eigenvalue weighted by Crippen LogP contribution is -2.38. The number of ketones is 1. The third-order valence-electron chi connectivity index (χ3n) is 2.87. The SMILES string of the molecule is CCN(CC)C(=O)C(=O)COC(=O)CC[C@H](N)C(=O)O.O=C(O)C(F)(F)F. The molecular weight excluding hydrogens is 381 g/mol. The van der Waals surface area contributed by atoms with Gasteiger partial charge in [-0.05, 0) is 20.3 Å². The summed E-state index contributed by atoms with van der Waals surface area (Å²) in [5.74, 6) is -6.25. The van der Waals surface area contributed by atoms with E-state index in [0.717, 1.165) is 0 Å². The Kier molecular flexibility index (Phi) is 12.4. The van der Waals surface area contributed by atoms with Crippen LogP contribution in [-0.4, -0.2) is 76.6 Å². The molecule has 0 saturated carbocycles. The van der Waals surface area contributed by atoms with Gasteiger partial charge in [0, 0.05) is 19.5 Å². The number of ether oxygens (including phenoxy) is 1. The van der Waals surface area contributed by atoms with Crippen LogP contribution in [0.3, 0.4) is 0 Å². The number of aliphatic carboxylic acids is 2. The number of hydrogen-bond acceptors (Lipinski definition) is 7. The summed E-state index contributed by atoms with van der Waals surface area (Å²) in [6.07, 6.45) is -5.40. The van der Waals surface area contributed by atoms with Crippen molar-refractivity contribution in [3.05, 3.63) is 0 Å². The smallest absolute Gasteiger partial charge is 0.480 e. The Morgan fingerprint density at radius 3 is 1.85 bits per heavy atom. The number of amides is 1. The molecule has 0 radical (unpaired) electrons. The Bertz CT molecular complexity index is 547. The van der Waals surface area contributed by atoms with Crippen molar-refractivity contribution in [1.82, 2.24) is 4.90 Å². The number of carbonyl (C=O) groups excluding carboxylic acids is 3. The molecule has 0 aromatic rings. The third kappa shape index (κ3) is 12.3. The second-order valence-corrected chi connectivity index (χ2v) is 4.85. The Balaban J connectivity index is 0. The van der Waals surface area contributed by atoms with Crippen molar-refractivity contribution in [2.75, 3.05) is 19.7 Å². The van der Waals surface area contributed by atoms with E-state index >= 15 is 0 Å². The van der Waals surface area contributed by atoms with Crippen molar-refractivity contribution in [1.29, 1.82) is 0 Å². The van der Waals surface area contributed by atoms with Gasteiger partial charge < -0.3 is 25.6 Å². The van der Waals surface area contributed by atoms with E-state index in [-0.39, 0.29) is 12.8 Å². The quantitative estimate of drug-likeness (QED) is 0.350. The molecule has 0 heterocycles. The van der Waals surface area contributed by atoms with Crippen LogP contribution >= 0.6 is 0 Å². The van der Waals surface area contributed by atoms with Crippen molar-refractivity contribution in [3.8, 4) is 0 Å². The number of halogens is 3. The second kappa shape index (κ2) is 12.6. The molecule has 0 rings (SSSR count). The first-order valence-electron chi connectivity index (χ1n) is 7.54. The molecule has 0 unspecified atom stereocenters. The van der Waals surface area contributed by atoms with Gasteiger partial charge >= 0.3 is 24.1 Å². The third-order valence-corrected chi connectivity index (χ3v) is 2.87. The summed E-state index contributed by atoms with van der Waals surface area (Å²) in [4.78, 5) is 54.9. The van der Waals surface area contributed by atoms with E-state index in [9.17, 15) is 32.3 Å². The molecule has 0 fully saturated rings. The molecule has 1 amide bonds. The molecule has 1 atom stereocenters. The highest BCUT2D eigenvalue weighted by Gasteiger charge is 2.38. The number of hydrogen-bond donors (Lipinski definition) is 3. The van der Waals surface area contributed by atoms with E-state index in [1.165, 1.54) is 4.90 Å². The van der Waals surface area contributed by atoms with Crippen LogP contribution in [0.1, 0.15) is 26.7 Å². The number of carboxylic acid groups (broad SMARTS) is 2. The van der Waals surface area contributed by atoms with Gasteiger partial charge in [0.2, 0.25) is 0 Å².